The van der Waals surface area contributed by atoms with Crippen LogP contribution in [0.5, 0.6) is 11.5 Å². The number of piperazine rings is 1. The average Bonchev–Trinajstić information content (AvgIpc) is 2.78. The molecule has 6 heteroatoms. The summed E-state index contributed by atoms with van der Waals surface area (Å²) < 4.78 is 11.4. The molecule has 2 aromatic rings. The van der Waals surface area contributed by atoms with Crippen molar-refractivity contribution in [2.75, 3.05) is 46.4 Å². The summed E-state index contributed by atoms with van der Waals surface area (Å²) in [6.45, 7) is 12.6. The van der Waals surface area contributed by atoms with E-state index in [1.54, 1.807) is 13.3 Å². The number of benzene rings is 1. The molecule has 1 aliphatic heterocycles. The van der Waals surface area contributed by atoms with E-state index in [-0.39, 0.29) is 0 Å². The van der Waals surface area contributed by atoms with Crippen molar-refractivity contribution in [2.45, 2.75) is 33.0 Å². The van der Waals surface area contributed by atoms with Crippen LogP contribution in [0.3, 0.4) is 0 Å². The van der Waals surface area contributed by atoms with Crippen molar-refractivity contribution in [3.8, 4) is 11.5 Å². The molecule has 0 spiro atoms. The summed E-state index contributed by atoms with van der Waals surface area (Å²) in [6.07, 6.45) is 3.58. The van der Waals surface area contributed by atoms with Crippen LogP contribution in [0.2, 0.25) is 0 Å². The Morgan fingerprint density at radius 2 is 1.93 bits per heavy atom. The monoisotopic (exact) mass is 398 g/mol. The van der Waals surface area contributed by atoms with Crippen LogP contribution in [0, 0.1) is 0 Å². The van der Waals surface area contributed by atoms with E-state index < -0.39 is 0 Å². The van der Waals surface area contributed by atoms with Gasteiger partial charge in [0.05, 0.1) is 7.11 Å². The van der Waals surface area contributed by atoms with Crippen molar-refractivity contribution in [2.24, 2.45) is 0 Å². The second-order valence-electron chi connectivity index (χ2n) is 7.59. The van der Waals surface area contributed by atoms with Gasteiger partial charge in [-0.2, -0.15) is 0 Å². The molecule has 0 saturated carbocycles. The number of ether oxygens (including phenoxy) is 2. The molecule has 3 rings (SSSR count). The van der Waals surface area contributed by atoms with Crippen LogP contribution in [0.1, 0.15) is 25.0 Å². The Kier molecular flexibility index (Phi) is 8.28. The van der Waals surface area contributed by atoms with Crippen molar-refractivity contribution < 1.29 is 9.47 Å². The lowest BCUT2D eigenvalue weighted by Gasteiger charge is -2.37. The zero-order valence-electron chi connectivity index (χ0n) is 17.9. The number of hydrogen-bond donors (Lipinski definition) is 1. The van der Waals surface area contributed by atoms with Gasteiger partial charge in [-0.1, -0.05) is 19.1 Å². The van der Waals surface area contributed by atoms with E-state index in [1.807, 2.05) is 24.4 Å². The lowest BCUT2D eigenvalue weighted by Crippen LogP contribution is -2.51. The Labute approximate surface area is 174 Å². The van der Waals surface area contributed by atoms with Crippen LogP contribution < -0.4 is 14.8 Å². The van der Waals surface area contributed by atoms with Gasteiger partial charge in [0.25, 0.3) is 0 Å². The van der Waals surface area contributed by atoms with Crippen molar-refractivity contribution >= 4 is 0 Å². The molecule has 158 valence electrons. The Morgan fingerprint density at radius 1 is 1.10 bits per heavy atom. The van der Waals surface area contributed by atoms with Crippen LogP contribution in [0.4, 0.5) is 0 Å². The number of hydrogen-bond acceptors (Lipinski definition) is 6. The van der Waals surface area contributed by atoms with E-state index in [1.165, 1.54) is 18.7 Å². The quantitative estimate of drug-likeness (QED) is 0.664. The number of pyridine rings is 1. The number of aromatic nitrogens is 1. The van der Waals surface area contributed by atoms with Crippen LogP contribution in [0.15, 0.2) is 42.7 Å². The fourth-order valence-electron chi connectivity index (χ4n) is 3.66. The molecule has 2 heterocycles. The van der Waals surface area contributed by atoms with Crippen LogP contribution >= 0.6 is 0 Å². The van der Waals surface area contributed by atoms with E-state index in [0.717, 1.165) is 49.8 Å². The predicted octanol–water partition coefficient (Wildman–Crippen LogP) is 2.78. The highest BCUT2D eigenvalue weighted by molar-refractivity contribution is 5.43. The molecule has 1 unspecified atom stereocenters. The summed E-state index contributed by atoms with van der Waals surface area (Å²) in [6, 6.07) is 10.6. The van der Waals surface area contributed by atoms with Gasteiger partial charge in [-0.25, -0.2) is 0 Å². The second kappa shape index (κ2) is 11.1. The summed E-state index contributed by atoms with van der Waals surface area (Å²) in [5.41, 5.74) is 2.23. The maximum atomic E-state index is 5.99. The van der Waals surface area contributed by atoms with Gasteiger partial charge >= 0.3 is 0 Å². The summed E-state index contributed by atoms with van der Waals surface area (Å²) >= 11 is 0. The first-order valence-corrected chi connectivity index (χ1v) is 10.5. The molecule has 1 N–H and O–H groups in total. The highest BCUT2D eigenvalue weighted by Gasteiger charge is 2.19. The third-order valence-electron chi connectivity index (χ3n) is 5.59. The normalized spacial score (nSPS) is 16.5. The third-order valence-corrected chi connectivity index (χ3v) is 5.59. The molecule has 1 saturated heterocycles. The summed E-state index contributed by atoms with van der Waals surface area (Å²) in [5, 5.41) is 3.60. The van der Waals surface area contributed by atoms with E-state index in [0.29, 0.717) is 12.6 Å². The summed E-state index contributed by atoms with van der Waals surface area (Å²) in [5.74, 6) is 1.51. The molecule has 1 aromatic carbocycles. The lowest BCUT2D eigenvalue weighted by molar-refractivity contribution is 0.105. The molecule has 1 aliphatic rings. The molecule has 0 aliphatic carbocycles. The molecular formula is C23H34N4O2. The smallest absolute Gasteiger partial charge is 0.161 e. The first-order valence-electron chi connectivity index (χ1n) is 10.5. The van der Waals surface area contributed by atoms with E-state index >= 15 is 0 Å². The molecule has 29 heavy (non-hydrogen) atoms. The SMILES string of the molecule is CCN1CCN(C(C)CNCc2ccc(OC)c(OCc3cccnc3)c2)CC1. The van der Waals surface area contributed by atoms with Crippen LogP contribution in [-0.4, -0.2) is 67.2 Å². The molecule has 1 atom stereocenters. The van der Waals surface area contributed by atoms with Crippen LogP contribution in [-0.2, 0) is 13.2 Å². The zero-order valence-corrected chi connectivity index (χ0v) is 17.9. The maximum Gasteiger partial charge on any atom is 0.161 e. The van der Waals surface area contributed by atoms with E-state index in [9.17, 15) is 0 Å². The zero-order chi connectivity index (χ0) is 20.5. The number of nitrogens with zero attached hydrogens (tertiary/aromatic N) is 3. The topological polar surface area (TPSA) is 49.9 Å². The second-order valence-corrected chi connectivity index (χ2v) is 7.59. The predicted molar refractivity (Wildman–Crippen MR) is 116 cm³/mol. The van der Waals surface area contributed by atoms with Gasteiger partial charge in [0.1, 0.15) is 6.61 Å². The van der Waals surface area contributed by atoms with Crippen molar-refractivity contribution in [3.05, 3.63) is 53.9 Å². The van der Waals surface area contributed by atoms with Gasteiger partial charge in [0.2, 0.25) is 0 Å². The van der Waals surface area contributed by atoms with Gasteiger partial charge in [-0.05, 0) is 37.2 Å². The number of methoxy groups -OCH3 is 1. The summed E-state index contributed by atoms with van der Waals surface area (Å²) in [7, 11) is 1.67. The molecule has 0 bridgehead atoms. The molecule has 6 nitrogen and oxygen atoms in total. The Balaban J connectivity index is 1.49. The molecule has 0 amide bonds. The van der Waals surface area contributed by atoms with Gasteiger partial charge in [0.15, 0.2) is 11.5 Å². The largest absolute Gasteiger partial charge is 0.493 e. The minimum absolute atomic E-state index is 0.474. The van der Waals surface area contributed by atoms with Crippen molar-refractivity contribution in [1.29, 1.82) is 0 Å². The third kappa shape index (κ3) is 6.42. The molecule has 1 aromatic heterocycles. The van der Waals surface area contributed by atoms with Crippen molar-refractivity contribution in [1.82, 2.24) is 20.1 Å². The first-order chi connectivity index (χ1) is 14.2. The molecule has 1 fully saturated rings. The van der Waals surface area contributed by atoms with Gasteiger partial charge in [-0.15, -0.1) is 0 Å². The Hall–Kier alpha value is -2.15. The molecule has 0 radical (unpaired) electrons. The standard InChI is InChI=1S/C23H34N4O2/c1-4-26-10-12-27(13-11-26)19(2)15-25-16-20-7-8-22(28-3)23(14-20)29-18-21-6-5-9-24-17-21/h5-9,14,17,19,25H,4,10-13,15-16,18H2,1-3H3. The minimum atomic E-state index is 0.474. The average molecular weight is 399 g/mol. The Bertz CT molecular complexity index is 733. The fourth-order valence-corrected chi connectivity index (χ4v) is 3.66. The maximum absolute atomic E-state index is 5.99. The van der Waals surface area contributed by atoms with Gasteiger partial charge in [-0.3, -0.25) is 9.88 Å². The Morgan fingerprint density at radius 3 is 2.62 bits per heavy atom. The van der Waals surface area contributed by atoms with Crippen LogP contribution in [0.25, 0.3) is 0 Å². The number of nitrogens with one attached hydrogen (secondary N) is 1. The highest BCUT2D eigenvalue weighted by atomic mass is 16.5. The van der Waals surface area contributed by atoms with Gasteiger partial charge < -0.3 is 19.7 Å². The number of rotatable bonds is 10. The van der Waals surface area contributed by atoms with E-state index in [4.69, 9.17) is 9.47 Å². The van der Waals surface area contributed by atoms with Gasteiger partial charge in [0, 0.05) is 63.3 Å². The minimum Gasteiger partial charge on any atom is -0.493 e. The van der Waals surface area contributed by atoms with Crippen molar-refractivity contribution in [3.63, 3.8) is 0 Å². The highest BCUT2D eigenvalue weighted by Crippen LogP contribution is 2.28. The fraction of sp³-hybridized carbons (Fsp3) is 0.522. The first kappa shape index (κ1) is 21.6. The lowest BCUT2D eigenvalue weighted by atomic mass is 10.2. The molecular weight excluding hydrogens is 364 g/mol. The number of likely N-dealkylation sites (N-methyl/N-ethyl adjacent to an activating group) is 1. The van der Waals surface area contributed by atoms with E-state index in [2.05, 4.69) is 46.1 Å². The summed E-state index contributed by atoms with van der Waals surface area (Å²) in [4.78, 5) is 9.23.